The highest BCUT2D eigenvalue weighted by Gasteiger charge is 2.38. The summed E-state index contributed by atoms with van der Waals surface area (Å²) in [5.41, 5.74) is 5.73. The van der Waals surface area contributed by atoms with Gasteiger partial charge in [-0.05, 0) is 32.6 Å². The van der Waals surface area contributed by atoms with E-state index in [0.717, 1.165) is 38.5 Å². The highest BCUT2D eigenvalue weighted by molar-refractivity contribution is 7.86. The summed E-state index contributed by atoms with van der Waals surface area (Å²) in [6, 6.07) is 0.127. The fourth-order valence-electron chi connectivity index (χ4n) is 3.06. The van der Waals surface area contributed by atoms with E-state index in [-0.39, 0.29) is 12.1 Å². The molecule has 0 saturated carbocycles. The summed E-state index contributed by atoms with van der Waals surface area (Å²) in [6.07, 6.45) is 6.03. The van der Waals surface area contributed by atoms with Crippen LogP contribution in [0.25, 0.3) is 0 Å². The van der Waals surface area contributed by atoms with Crippen LogP contribution in [0.15, 0.2) is 0 Å². The van der Waals surface area contributed by atoms with Crippen LogP contribution in [0.3, 0.4) is 0 Å². The monoisotopic (exact) mass is 275 g/mol. The van der Waals surface area contributed by atoms with Crippen LogP contribution in [0.2, 0.25) is 0 Å². The fraction of sp³-hybridized carbons (Fsp3) is 1.00. The lowest BCUT2D eigenvalue weighted by Crippen LogP contribution is -2.55. The SMILES string of the molecule is CC1CCCCN1S(=O)(=O)N1CCCCC1CN. The minimum absolute atomic E-state index is 0.00197. The third-order valence-electron chi connectivity index (χ3n) is 4.18. The van der Waals surface area contributed by atoms with Crippen molar-refractivity contribution in [2.75, 3.05) is 19.6 Å². The van der Waals surface area contributed by atoms with E-state index in [0.29, 0.717) is 19.6 Å². The molecule has 0 aromatic carbocycles. The lowest BCUT2D eigenvalue weighted by Gasteiger charge is -2.41. The smallest absolute Gasteiger partial charge is 0.282 e. The molecule has 0 aromatic rings. The van der Waals surface area contributed by atoms with Gasteiger partial charge in [-0.25, -0.2) is 0 Å². The Labute approximate surface area is 110 Å². The van der Waals surface area contributed by atoms with Gasteiger partial charge in [0.25, 0.3) is 10.2 Å². The highest BCUT2D eigenvalue weighted by atomic mass is 32.2. The number of hydrogen-bond donors (Lipinski definition) is 1. The van der Waals surface area contributed by atoms with Crippen LogP contribution in [0, 0.1) is 0 Å². The summed E-state index contributed by atoms with van der Waals surface area (Å²) in [4.78, 5) is 0. The highest BCUT2D eigenvalue weighted by Crippen LogP contribution is 2.27. The molecular formula is C12H25N3O2S. The first-order valence-corrected chi connectivity index (χ1v) is 8.45. The van der Waals surface area contributed by atoms with Crippen molar-refractivity contribution >= 4 is 10.2 Å². The molecule has 2 heterocycles. The number of nitrogens with zero attached hydrogens (tertiary/aromatic N) is 2. The normalized spacial score (nSPS) is 32.6. The summed E-state index contributed by atoms with van der Waals surface area (Å²) in [6.45, 7) is 3.74. The van der Waals surface area contributed by atoms with Gasteiger partial charge in [-0.3, -0.25) is 0 Å². The summed E-state index contributed by atoms with van der Waals surface area (Å²) in [5.74, 6) is 0. The number of piperidine rings is 2. The Morgan fingerprint density at radius 2 is 1.67 bits per heavy atom. The molecule has 2 atom stereocenters. The maximum atomic E-state index is 12.7. The van der Waals surface area contributed by atoms with E-state index in [1.807, 2.05) is 6.92 Å². The van der Waals surface area contributed by atoms with Crippen LogP contribution in [0.1, 0.15) is 45.4 Å². The van der Waals surface area contributed by atoms with Gasteiger partial charge in [0, 0.05) is 31.7 Å². The third kappa shape index (κ3) is 2.71. The Balaban J connectivity index is 2.17. The molecule has 5 nitrogen and oxygen atoms in total. The molecule has 6 heteroatoms. The van der Waals surface area contributed by atoms with E-state index in [1.54, 1.807) is 8.61 Å². The van der Waals surface area contributed by atoms with Crippen molar-refractivity contribution in [2.24, 2.45) is 5.73 Å². The van der Waals surface area contributed by atoms with Gasteiger partial charge in [0.15, 0.2) is 0 Å². The maximum Gasteiger partial charge on any atom is 0.282 e. The molecule has 106 valence electrons. The first-order valence-electron chi connectivity index (χ1n) is 7.06. The van der Waals surface area contributed by atoms with Crippen molar-refractivity contribution < 1.29 is 8.42 Å². The van der Waals surface area contributed by atoms with Gasteiger partial charge in [0.2, 0.25) is 0 Å². The molecule has 2 aliphatic rings. The van der Waals surface area contributed by atoms with Gasteiger partial charge in [-0.2, -0.15) is 17.0 Å². The van der Waals surface area contributed by atoms with Crippen molar-refractivity contribution in [1.29, 1.82) is 0 Å². The predicted molar refractivity (Wildman–Crippen MR) is 72.3 cm³/mol. The Morgan fingerprint density at radius 1 is 1.06 bits per heavy atom. The van der Waals surface area contributed by atoms with Gasteiger partial charge in [-0.1, -0.05) is 12.8 Å². The lowest BCUT2D eigenvalue weighted by molar-refractivity contribution is 0.205. The fourth-order valence-corrected chi connectivity index (χ4v) is 5.18. The molecule has 2 aliphatic heterocycles. The molecule has 0 spiro atoms. The van der Waals surface area contributed by atoms with Crippen molar-refractivity contribution in [2.45, 2.75) is 57.5 Å². The summed E-state index contributed by atoms with van der Waals surface area (Å²) in [5, 5.41) is 0. The molecule has 0 radical (unpaired) electrons. The summed E-state index contributed by atoms with van der Waals surface area (Å²) in [7, 11) is -3.31. The molecule has 2 unspecified atom stereocenters. The van der Waals surface area contributed by atoms with Crippen LogP contribution in [-0.2, 0) is 10.2 Å². The van der Waals surface area contributed by atoms with Crippen LogP contribution < -0.4 is 5.73 Å². The van der Waals surface area contributed by atoms with E-state index in [2.05, 4.69) is 0 Å². The minimum Gasteiger partial charge on any atom is -0.329 e. The van der Waals surface area contributed by atoms with Crippen molar-refractivity contribution in [3.05, 3.63) is 0 Å². The predicted octanol–water partition coefficient (Wildman–Crippen LogP) is 0.919. The van der Waals surface area contributed by atoms with Crippen LogP contribution >= 0.6 is 0 Å². The van der Waals surface area contributed by atoms with E-state index in [4.69, 9.17) is 5.73 Å². The van der Waals surface area contributed by atoms with Gasteiger partial charge in [0.05, 0.1) is 0 Å². The molecule has 2 rings (SSSR count). The maximum absolute atomic E-state index is 12.7. The second-order valence-corrected chi connectivity index (χ2v) is 7.29. The van der Waals surface area contributed by atoms with E-state index in [9.17, 15) is 8.42 Å². The topological polar surface area (TPSA) is 66.6 Å². The van der Waals surface area contributed by atoms with Crippen LogP contribution in [0.4, 0.5) is 0 Å². The number of nitrogens with two attached hydrogens (primary N) is 1. The number of rotatable bonds is 3. The zero-order chi connectivity index (χ0) is 13.2. The molecule has 2 N–H and O–H groups in total. The van der Waals surface area contributed by atoms with Crippen LogP contribution in [0.5, 0.6) is 0 Å². The second kappa shape index (κ2) is 5.86. The van der Waals surface area contributed by atoms with Gasteiger partial charge < -0.3 is 5.73 Å². The Bertz CT molecular complexity index is 372. The molecule has 0 bridgehead atoms. The lowest BCUT2D eigenvalue weighted by atomic mass is 10.1. The van der Waals surface area contributed by atoms with E-state index < -0.39 is 10.2 Å². The average Bonchev–Trinajstić information content (AvgIpc) is 2.39. The zero-order valence-electron chi connectivity index (χ0n) is 11.2. The average molecular weight is 275 g/mol. The Hall–Kier alpha value is -0.170. The largest absolute Gasteiger partial charge is 0.329 e. The standard InChI is InChI=1S/C12H25N3O2S/c1-11-6-2-4-8-14(11)18(16,17)15-9-5-3-7-12(15)10-13/h11-12H,2-10,13H2,1H3. The number of hydrogen-bond acceptors (Lipinski definition) is 3. The Morgan fingerprint density at radius 3 is 2.28 bits per heavy atom. The zero-order valence-corrected chi connectivity index (χ0v) is 12.0. The summed E-state index contributed by atoms with van der Waals surface area (Å²) < 4.78 is 28.8. The van der Waals surface area contributed by atoms with E-state index in [1.165, 1.54) is 0 Å². The minimum atomic E-state index is -3.31. The molecule has 0 amide bonds. The molecular weight excluding hydrogens is 250 g/mol. The van der Waals surface area contributed by atoms with Crippen molar-refractivity contribution in [1.82, 2.24) is 8.61 Å². The van der Waals surface area contributed by atoms with E-state index >= 15 is 0 Å². The van der Waals surface area contributed by atoms with Crippen molar-refractivity contribution in [3.63, 3.8) is 0 Å². The van der Waals surface area contributed by atoms with Crippen LogP contribution in [-0.4, -0.2) is 48.7 Å². The van der Waals surface area contributed by atoms with Gasteiger partial charge >= 0.3 is 0 Å². The second-order valence-electron chi connectivity index (χ2n) is 5.46. The molecule has 0 aliphatic carbocycles. The Kier molecular flexibility index (Phi) is 4.64. The molecule has 2 saturated heterocycles. The van der Waals surface area contributed by atoms with Gasteiger partial charge in [0.1, 0.15) is 0 Å². The molecule has 2 fully saturated rings. The molecule has 18 heavy (non-hydrogen) atoms. The van der Waals surface area contributed by atoms with Gasteiger partial charge in [-0.15, -0.1) is 0 Å². The third-order valence-corrected chi connectivity index (χ3v) is 6.39. The summed E-state index contributed by atoms with van der Waals surface area (Å²) >= 11 is 0. The first-order chi connectivity index (χ1) is 8.57. The van der Waals surface area contributed by atoms with Crippen molar-refractivity contribution in [3.8, 4) is 0 Å². The molecule has 0 aromatic heterocycles. The quantitative estimate of drug-likeness (QED) is 0.833. The first kappa shape index (κ1) is 14.2.